The van der Waals surface area contributed by atoms with Gasteiger partial charge in [0.15, 0.2) is 0 Å². The van der Waals surface area contributed by atoms with Crippen LogP contribution >= 0.6 is 0 Å². The molecule has 0 rings (SSSR count). The van der Waals surface area contributed by atoms with Gasteiger partial charge in [0.1, 0.15) is 0 Å². The molecular formula is C12H28Br2HfN2. The van der Waals surface area contributed by atoms with Crippen LogP contribution in [0.1, 0.15) is 53.4 Å². The van der Waals surface area contributed by atoms with Crippen LogP contribution < -0.4 is 34.0 Å². The van der Waals surface area contributed by atoms with E-state index in [1.165, 1.54) is 25.7 Å². The van der Waals surface area contributed by atoms with E-state index in [2.05, 4.69) is 38.3 Å². The van der Waals surface area contributed by atoms with E-state index in [4.69, 9.17) is 0 Å². The first kappa shape index (κ1) is 31.2. The smallest absolute Gasteiger partial charge is 1.00 e. The molecule has 17 heavy (non-hydrogen) atoms. The van der Waals surface area contributed by atoms with Crippen LogP contribution in [0.5, 0.6) is 0 Å². The molecule has 0 saturated carbocycles. The SMILES string of the molecule is CCC[N-]CCC.CCC[N-]CCC.[Br-].[Br-].[Hf+4]. The van der Waals surface area contributed by atoms with Crippen molar-refractivity contribution in [2.24, 2.45) is 0 Å². The molecule has 0 aromatic heterocycles. The van der Waals surface area contributed by atoms with Crippen molar-refractivity contribution in [1.29, 1.82) is 0 Å². The van der Waals surface area contributed by atoms with Crippen LogP contribution in [0.15, 0.2) is 0 Å². The number of hydrogen-bond donors (Lipinski definition) is 0. The topological polar surface area (TPSA) is 28.2 Å². The van der Waals surface area contributed by atoms with Crippen molar-refractivity contribution in [3.8, 4) is 0 Å². The molecular weight excluding hydrogens is 510 g/mol. The van der Waals surface area contributed by atoms with Gasteiger partial charge in [0, 0.05) is 0 Å². The van der Waals surface area contributed by atoms with E-state index in [1.807, 2.05) is 0 Å². The van der Waals surface area contributed by atoms with Crippen LogP contribution in [0.25, 0.3) is 10.6 Å². The van der Waals surface area contributed by atoms with Gasteiger partial charge in [-0.15, -0.1) is 26.2 Å². The van der Waals surface area contributed by atoms with E-state index < -0.39 is 0 Å². The minimum atomic E-state index is 0. The molecule has 5 heteroatoms. The van der Waals surface area contributed by atoms with E-state index in [1.54, 1.807) is 0 Å². The Morgan fingerprint density at radius 1 is 0.529 bits per heavy atom. The van der Waals surface area contributed by atoms with Gasteiger partial charge < -0.3 is 44.6 Å². The second-order valence-corrected chi connectivity index (χ2v) is 3.34. The fraction of sp³-hybridized carbons (Fsp3) is 1.00. The first-order chi connectivity index (χ1) is 6.83. The van der Waals surface area contributed by atoms with Gasteiger partial charge >= 0.3 is 25.8 Å². The van der Waals surface area contributed by atoms with Crippen molar-refractivity contribution in [2.75, 3.05) is 26.2 Å². The largest absolute Gasteiger partial charge is 4.00 e. The average Bonchev–Trinajstić information content (AvgIpc) is 2.21. The van der Waals surface area contributed by atoms with Crippen LogP contribution in [0.2, 0.25) is 0 Å². The van der Waals surface area contributed by atoms with Crippen LogP contribution in [-0.2, 0) is 25.8 Å². The third-order valence-corrected chi connectivity index (χ3v) is 1.53. The van der Waals surface area contributed by atoms with Gasteiger partial charge in [-0.05, 0) is 0 Å². The number of hydrogen-bond acceptors (Lipinski definition) is 0. The summed E-state index contributed by atoms with van der Waals surface area (Å²) < 4.78 is 0. The predicted octanol–water partition coefficient (Wildman–Crippen LogP) is -1.63. The Kier molecular flexibility index (Phi) is 66.3. The van der Waals surface area contributed by atoms with Crippen LogP contribution in [-0.4, -0.2) is 26.2 Å². The summed E-state index contributed by atoms with van der Waals surface area (Å²) >= 11 is 0. The van der Waals surface area contributed by atoms with Crippen molar-refractivity contribution in [3.63, 3.8) is 0 Å². The molecule has 0 aromatic carbocycles. The number of nitrogens with zero attached hydrogens (tertiary/aromatic N) is 2. The molecule has 0 fully saturated rings. The third-order valence-electron chi connectivity index (χ3n) is 1.53. The fourth-order valence-electron chi connectivity index (χ4n) is 0.856. The third kappa shape index (κ3) is 46.3. The Morgan fingerprint density at radius 3 is 0.824 bits per heavy atom. The minimum Gasteiger partial charge on any atom is -1.00 e. The molecule has 0 unspecified atom stereocenters. The van der Waals surface area contributed by atoms with E-state index in [-0.39, 0.29) is 59.8 Å². The summed E-state index contributed by atoms with van der Waals surface area (Å²) in [5.74, 6) is 0. The van der Waals surface area contributed by atoms with E-state index >= 15 is 0 Å². The van der Waals surface area contributed by atoms with E-state index in [0.29, 0.717) is 0 Å². The summed E-state index contributed by atoms with van der Waals surface area (Å²) in [6.07, 6.45) is 4.78. The number of rotatable bonds is 8. The number of halogens is 2. The van der Waals surface area contributed by atoms with Crippen LogP contribution in [0.4, 0.5) is 0 Å². The van der Waals surface area contributed by atoms with Crippen molar-refractivity contribution < 1.29 is 59.8 Å². The molecule has 0 aliphatic heterocycles. The molecule has 0 aromatic rings. The summed E-state index contributed by atoms with van der Waals surface area (Å²) in [5, 5.41) is 8.42. The molecule has 0 aliphatic carbocycles. The standard InChI is InChI=1S/2C6H14N.2BrH.Hf/c2*1-3-5-7-6-4-2;;;/h2*3-6H2,1-2H3;2*1H;/q2*-1;;;+4/p-2. The maximum atomic E-state index is 4.21. The fourth-order valence-corrected chi connectivity index (χ4v) is 0.856. The normalized spacial score (nSPS) is 7.76. The molecule has 0 radical (unpaired) electrons. The van der Waals surface area contributed by atoms with Gasteiger partial charge in [0.2, 0.25) is 0 Å². The van der Waals surface area contributed by atoms with Gasteiger partial charge in [-0.3, -0.25) is 0 Å². The zero-order chi connectivity index (χ0) is 11.1. The van der Waals surface area contributed by atoms with Crippen LogP contribution in [0, 0.1) is 0 Å². The van der Waals surface area contributed by atoms with E-state index in [0.717, 1.165) is 26.2 Å². The monoisotopic (exact) mass is 538 g/mol. The molecule has 2 nitrogen and oxygen atoms in total. The zero-order valence-electron chi connectivity index (χ0n) is 11.8. The average molecular weight is 539 g/mol. The quantitative estimate of drug-likeness (QED) is 0.262. The summed E-state index contributed by atoms with van der Waals surface area (Å²) in [6.45, 7) is 12.8. The summed E-state index contributed by atoms with van der Waals surface area (Å²) in [5.41, 5.74) is 0. The Hall–Kier alpha value is 1.75. The van der Waals surface area contributed by atoms with Crippen molar-refractivity contribution >= 4 is 0 Å². The molecule has 0 bridgehead atoms. The summed E-state index contributed by atoms with van der Waals surface area (Å²) in [4.78, 5) is 0. The second kappa shape index (κ2) is 36.1. The zero-order valence-corrected chi connectivity index (χ0v) is 18.6. The maximum absolute atomic E-state index is 4.21. The predicted molar refractivity (Wildman–Crippen MR) is 67.4 cm³/mol. The Morgan fingerprint density at radius 2 is 0.706 bits per heavy atom. The Balaban J connectivity index is -0.0000000480. The maximum Gasteiger partial charge on any atom is 4.00 e. The summed E-state index contributed by atoms with van der Waals surface area (Å²) in [7, 11) is 0. The molecule has 104 valence electrons. The minimum absolute atomic E-state index is 0. The Labute approximate surface area is 149 Å². The van der Waals surface area contributed by atoms with Gasteiger partial charge in [-0.25, -0.2) is 0 Å². The molecule has 0 spiro atoms. The van der Waals surface area contributed by atoms with Crippen molar-refractivity contribution in [1.82, 2.24) is 0 Å². The molecule has 0 aliphatic rings. The van der Waals surface area contributed by atoms with Crippen molar-refractivity contribution in [3.05, 3.63) is 10.6 Å². The van der Waals surface area contributed by atoms with Crippen molar-refractivity contribution in [2.45, 2.75) is 53.4 Å². The molecule has 0 N–H and O–H groups in total. The van der Waals surface area contributed by atoms with Gasteiger partial charge in [-0.1, -0.05) is 53.4 Å². The molecule has 0 saturated heterocycles. The summed E-state index contributed by atoms with van der Waals surface area (Å²) in [6, 6.07) is 0. The Bertz CT molecular complexity index is 70.9. The van der Waals surface area contributed by atoms with Crippen LogP contribution in [0.3, 0.4) is 0 Å². The molecule has 0 amide bonds. The van der Waals surface area contributed by atoms with Gasteiger partial charge in [0.05, 0.1) is 0 Å². The molecule has 0 heterocycles. The van der Waals surface area contributed by atoms with E-state index in [9.17, 15) is 0 Å². The molecule has 0 atom stereocenters. The van der Waals surface area contributed by atoms with Gasteiger partial charge in [0.25, 0.3) is 0 Å². The first-order valence-electron chi connectivity index (χ1n) is 6.09. The first-order valence-corrected chi connectivity index (χ1v) is 6.09. The van der Waals surface area contributed by atoms with Gasteiger partial charge in [-0.2, -0.15) is 0 Å². The second-order valence-electron chi connectivity index (χ2n) is 3.34.